The van der Waals surface area contributed by atoms with Gasteiger partial charge in [-0.15, -0.1) is 0 Å². The molecule has 5 rings (SSSR count). The predicted molar refractivity (Wildman–Crippen MR) is 117 cm³/mol. The molecule has 1 unspecified atom stereocenters. The molecule has 2 aliphatic rings. The molecule has 0 amide bonds. The van der Waals surface area contributed by atoms with Crippen LogP contribution in [-0.4, -0.2) is 63.8 Å². The first-order chi connectivity index (χ1) is 15.5. The van der Waals surface area contributed by atoms with Gasteiger partial charge < -0.3 is 30.1 Å². The number of para-hydroxylation sites is 2. The van der Waals surface area contributed by atoms with Gasteiger partial charge in [-0.05, 0) is 25.1 Å². The Labute approximate surface area is 217 Å². The van der Waals surface area contributed by atoms with E-state index in [0.29, 0.717) is 56.1 Å². The number of aromatic nitrogens is 3. The van der Waals surface area contributed by atoms with Crippen LogP contribution in [0.4, 0.5) is 0 Å². The number of pyridine rings is 1. The van der Waals surface area contributed by atoms with Crippen molar-refractivity contribution in [3.05, 3.63) is 48.3 Å². The monoisotopic (exact) mass is 483 g/mol. The Morgan fingerprint density at radius 2 is 1.91 bits per heavy atom. The van der Waals surface area contributed by atoms with Crippen molar-refractivity contribution < 1.29 is 58.9 Å². The number of aromatic amines is 1. The van der Waals surface area contributed by atoms with E-state index in [1.54, 1.807) is 18.3 Å². The molecule has 9 nitrogen and oxygen atoms in total. The van der Waals surface area contributed by atoms with Gasteiger partial charge in [0.1, 0.15) is 19.0 Å². The van der Waals surface area contributed by atoms with E-state index in [4.69, 9.17) is 23.7 Å². The third kappa shape index (κ3) is 5.83. The summed E-state index contributed by atoms with van der Waals surface area (Å²) in [5.74, 6) is -0.645. The number of benzene rings is 1. The minimum atomic E-state index is -1.34. The average Bonchev–Trinajstić information content (AvgIpc) is 3.44. The van der Waals surface area contributed by atoms with Gasteiger partial charge in [-0.3, -0.25) is 9.19 Å². The van der Waals surface area contributed by atoms with Gasteiger partial charge in [0.05, 0.1) is 53.1 Å². The Balaban J connectivity index is 0.00000162. The summed E-state index contributed by atoms with van der Waals surface area (Å²) in [5, 5.41) is 0.437. The van der Waals surface area contributed by atoms with Gasteiger partial charge in [-0.1, -0.05) is 12.1 Å². The second-order valence-corrected chi connectivity index (χ2v) is 9.32. The first kappa shape index (κ1) is 24.7. The SMILES string of the molecule is CC1(CCOc2ccnc(CS(=O)c3nc4ccccc4[nH]3)c2)OCC2(CO1)OCCO2.[H-].[Na+]. The number of hydrogen-bond donors (Lipinski definition) is 1. The number of nitrogens with zero attached hydrogens (tertiary/aromatic N) is 2. The molecule has 1 aromatic carbocycles. The molecule has 2 aromatic heterocycles. The maximum Gasteiger partial charge on any atom is 1.00 e. The van der Waals surface area contributed by atoms with Crippen LogP contribution >= 0.6 is 0 Å². The van der Waals surface area contributed by atoms with E-state index in [-0.39, 0.29) is 36.7 Å². The Morgan fingerprint density at radius 1 is 1.15 bits per heavy atom. The first-order valence-corrected chi connectivity index (χ1v) is 11.8. The van der Waals surface area contributed by atoms with Crippen LogP contribution in [0.1, 0.15) is 20.5 Å². The summed E-state index contributed by atoms with van der Waals surface area (Å²) in [4.78, 5) is 11.8. The van der Waals surface area contributed by atoms with Crippen molar-refractivity contribution in [3.8, 4) is 5.75 Å². The molecular weight excluding hydrogens is 457 g/mol. The second-order valence-electron chi connectivity index (χ2n) is 7.95. The summed E-state index contributed by atoms with van der Waals surface area (Å²) in [6.45, 7) is 4.04. The summed E-state index contributed by atoms with van der Waals surface area (Å²) < 4.78 is 41.6. The van der Waals surface area contributed by atoms with Crippen LogP contribution in [0.3, 0.4) is 0 Å². The van der Waals surface area contributed by atoms with E-state index < -0.39 is 22.4 Å². The zero-order chi connectivity index (χ0) is 22.0. The molecule has 1 spiro atoms. The number of rotatable bonds is 7. The Morgan fingerprint density at radius 3 is 2.67 bits per heavy atom. The number of H-pyrrole nitrogens is 1. The van der Waals surface area contributed by atoms with Gasteiger partial charge in [-0.2, -0.15) is 0 Å². The fourth-order valence-electron chi connectivity index (χ4n) is 3.64. The third-order valence-electron chi connectivity index (χ3n) is 5.48. The molecule has 2 saturated heterocycles. The number of imidazole rings is 1. The Hall–Kier alpha value is -1.37. The van der Waals surface area contributed by atoms with Gasteiger partial charge in [0, 0.05) is 18.7 Å². The van der Waals surface area contributed by atoms with Gasteiger partial charge in [0.25, 0.3) is 0 Å². The molecule has 2 fully saturated rings. The molecule has 1 atom stereocenters. The smallest absolute Gasteiger partial charge is 1.00 e. The van der Waals surface area contributed by atoms with E-state index in [1.807, 2.05) is 31.2 Å². The minimum absolute atomic E-state index is 0. The standard InChI is InChI=1S/C22H25N3O6S.Na.H/c1-21(30-14-22(15-31-21)28-10-11-29-22)7-9-27-17-6-8-23-16(12-17)13-32(26)20-24-18-4-2-3-5-19(18)25-20;;/h2-6,8,12H,7,9-11,13-15H2,1H3,(H,24,25);;/q;+1;-1. The molecule has 0 bridgehead atoms. The molecular formula is C22H26N3NaO6S. The number of hydrogen-bond acceptors (Lipinski definition) is 8. The number of ether oxygens (including phenoxy) is 5. The van der Waals surface area contributed by atoms with Crippen molar-refractivity contribution >= 4 is 21.8 Å². The fourth-order valence-corrected chi connectivity index (χ4v) is 4.62. The predicted octanol–water partition coefficient (Wildman–Crippen LogP) is -0.343. The van der Waals surface area contributed by atoms with E-state index in [9.17, 15) is 4.21 Å². The first-order valence-electron chi connectivity index (χ1n) is 10.5. The molecule has 0 aliphatic carbocycles. The normalized spacial score (nSPS) is 19.9. The van der Waals surface area contributed by atoms with Gasteiger partial charge >= 0.3 is 29.6 Å². The molecule has 172 valence electrons. The van der Waals surface area contributed by atoms with Crippen molar-refractivity contribution in [1.82, 2.24) is 15.0 Å². The van der Waals surface area contributed by atoms with Crippen molar-refractivity contribution in [2.75, 3.05) is 33.0 Å². The summed E-state index contributed by atoms with van der Waals surface area (Å²) in [6.07, 6.45) is 2.18. The molecule has 4 heterocycles. The van der Waals surface area contributed by atoms with Crippen LogP contribution in [0, 0.1) is 0 Å². The van der Waals surface area contributed by atoms with Crippen molar-refractivity contribution in [2.24, 2.45) is 0 Å². The quantitative estimate of drug-likeness (QED) is 0.455. The molecule has 3 aromatic rings. The summed E-state index contributed by atoms with van der Waals surface area (Å²) >= 11 is 0. The van der Waals surface area contributed by atoms with Crippen molar-refractivity contribution in [2.45, 2.75) is 35.8 Å². The summed E-state index contributed by atoms with van der Waals surface area (Å²) in [7, 11) is -1.34. The molecule has 11 heteroatoms. The van der Waals surface area contributed by atoms with Crippen LogP contribution < -0.4 is 34.3 Å². The van der Waals surface area contributed by atoms with Crippen LogP contribution in [0.2, 0.25) is 0 Å². The van der Waals surface area contributed by atoms with E-state index in [2.05, 4.69) is 15.0 Å². The molecule has 1 N–H and O–H groups in total. The Kier molecular flexibility index (Phi) is 7.87. The van der Waals surface area contributed by atoms with E-state index >= 15 is 0 Å². The third-order valence-corrected chi connectivity index (χ3v) is 6.67. The summed E-state index contributed by atoms with van der Waals surface area (Å²) in [5.41, 5.74) is 2.31. The van der Waals surface area contributed by atoms with Gasteiger partial charge in [-0.25, -0.2) is 4.98 Å². The van der Waals surface area contributed by atoms with Crippen LogP contribution in [0.25, 0.3) is 11.0 Å². The molecule has 33 heavy (non-hydrogen) atoms. The van der Waals surface area contributed by atoms with Crippen LogP contribution in [-0.2, 0) is 35.5 Å². The largest absolute Gasteiger partial charge is 1.00 e. The van der Waals surface area contributed by atoms with Gasteiger partial charge in [0.2, 0.25) is 5.79 Å². The zero-order valence-corrected chi connectivity index (χ0v) is 21.6. The van der Waals surface area contributed by atoms with E-state index in [0.717, 1.165) is 11.0 Å². The maximum atomic E-state index is 12.7. The summed E-state index contributed by atoms with van der Waals surface area (Å²) in [6, 6.07) is 11.2. The van der Waals surface area contributed by atoms with E-state index in [1.165, 1.54) is 0 Å². The van der Waals surface area contributed by atoms with Gasteiger partial charge in [0.15, 0.2) is 10.9 Å². The minimum Gasteiger partial charge on any atom is -1.00 e. The molecule has 0 saturated carbocycles. The Bertz CT molecular complexity index is 1080. The topological polar surface area (TPSA) is 105 Å². The second kappa shape index (κ2) is 10.5. The maximum absolute atomic E-state index is 12.7. The number of nitrogens with one attached hydrogen (secondary N) is 1. The molecule has 2 aliphatic heterocycles. The van der Waals surface area contributed by atoms with Crippen molar-refractivity contribution in [3.63, 3.8) is 0 Å². The molecule has 0 radical (unpaired) electrons. The fraction of sp³-hybridized carbons (Fsp3) is 0.455. The number of fused-ring (bicyclic) bond motifs is 1. The van der Waals surface area contributed by atoms with Crippen LogP contribution in [0.5, 0.6) is 5.75 Å². The van der Waals surface area contributed by atoms with Crippen LogP contribution in [0.15, 0.2) is 47.8 Å². The zero-order valence-electron chi connectivity index (χ0n) is 19.7. The average molecular weight is 484 g/mol. The van der Waals surface area contributed by atoms with Crippen molar-refractivity contribution in [1.29, 1.82) is 0 Å².